The molecule has 126 valence electrons. The number of hydrogen-bond acceptors (Lipinski definition) is 3. The number of urea groups is 1. The molecule has 1 aliphatic heterocycles. The molecule has 3 rings (SSSR count). The Labute approximate surface area is 153 Å². The molecule has 1 fully saturated rings. The predicted molar refractivity (Wildman–Crippen MR) is 99.1 cm³/mol. The van der Waals surface area contributed by atoms with E-state index in [1.54, 1.807) is 24.3 Å². The third-order valence-corrected chi connectivity index (χ3v) is 4.49. The zero-order valence-corrected chi connectivity index (χ0v) is 15.3. The Hall–Kier alpha value is -2.73. The first-order chi connectivity index (χ1) is 11.9. The van der Waals surface area contributed by atoms with Gasteiger partial charge in [-0.2, -0.15) is 0 Å². The summed E-state index contributed by atoms with van der Waals surface area (Å²) in [6.45, 7) is 3.76. The summed E-state index contributed by atoms with van der Waals surface area (Å²) >= 11 is 3.39. The molecule has 25 heavy (non-hydrogen) atoms. The molecule has 0 radical (unpaired) electrons. The van der Waals surface area contributed by atoms with Gasteiger partial charge in [0, 0.05) is 4.47 Å². The van der Waals surface area contributed by atoms with E-state index in [-0.39, 0.29) is 5.57 Å². The molecular weight excluding hydrogens is 384 g/mol. The van der Waals surface area contributed by atoms with Crippen LogP contribution in [0.1, 0.15) is 16.7 Å². The van der Waals surface area contributed by atoms with Crippen molar-refractivity contribution in [2.24, 2.45) is 0 Å². The van der Waals surface area contributed by atoms with Crippen LogP contribution in [-0.2, 0) is 9.59 Å². The average Bonchev–Trinajstić information content (AvgIpc) is 2.52. The zero-order chi connectivity index (χ0) is 18.1. The quantitative estimate of drug-likeness (QED) is 0.618. The second kappa shape index (κ2) is 6.64. The molecule has 0 atom stereocenters. The first-order valence-corrected chi connectivity index (χ1v) is 8.40. The lowest BCUT2D eigenvalue weighted by Crippen LogP contribution is -2.54. The smallest absolute Gasteiger partial charge is 0.273 e. The van der Waals surface area contributed by atoms with Crippen molar-refractivity contribution in [3.05, 3.63) is 69.2 Å². The number of amides is 4. The van der Waals surface area contributed by atoms with Gasteiger partial charge in [0.25, 0.3) is 11.8 Å². The van der Waals surface area contributed by atoms with Gasteiger partial charge in [0.1, 0.15) is 5.57 Å². The number of nitrogens with one attached hydrogen (secondary N) is 1. The van der Waals surface area contributed by atoms with Crippen molar-refractivity contribution in [3.63, 3.8) is 0 Å². The molecule has 0 bridgehead atoms. The number of anilines is 1. The third kappa shape index (κ3) is 3.39. The summed E-state index contributed by atoms with van der Waals surface area (Å²) < 4.78 is 0.748. The highest BCUT2D eigenvalue weighted by Gasteiger charge is 2.37. The van der Waals surface area contributed by atoms with Crippen LogP contribution >= 0.6 is 15.9 Å². The topological polar surface area (TPSA) is 66.5 Å². The van der Waals surface area contributed by atoms with Crippen LogP contribution in [0.2, 0.25) is 0 Å². The molecule has 6 heteroatoms. The van der Waals surface area contributed by atoms with Crippen LogP contribution in [0.3, 0.4) is 0 Å². The minimum atomic E-state index is -0.746. The number of benzene rings is 2. The largest absolute Gasteiger partial charge is 0.335 e. The lowest BCUT2D eigenvalue weighted by molar-refractivity contribution is -0.122. The van der Waals surface area contributed by atoms with Crippen molar-refractivity contribution in [1.29, 1.82) is 0 Å². The monoisotopic (exact) mass is 398 g/mol. The maximum absolute atomic E-state index is 12.8. The number of halogens is 1. The molecule has 1 N–H and O–H groups in total. The molecule has 0 unspecified atom stereocenters. The Balaban J connectivity index is 2.07. The molecular formula is C19H15BrN2O3. The third-order valence-electron chi connectivity index (χ3n) is 3.77. The van der Waals surface area contributed by atoms with Crippen molar-refractivity contribution in [3.8, 4) is 0 Å². The van der Waals surface area contributed by atoms with E-state index in [9.17, 15) is 14.4 Å². The normalized spacial score (nSPS) is 16.4. The Kier molecular flexibility index (Phi) is 4.55. The van der Waals surface area contributed by atoms with Gasteiger partial charge >= 0.3 is 6.03 Å². The van der Waals surface area contributed by atoms with Gasteiger partial charge in [0.15, 0.2) is 0 Å². The molecule has 0 aromatic heterocycles. The highest BCUT2D eigenvalue weighted by atomic mass is 79.9. The van der Waals surface area contributed by atoms with E-state index in [1.807, 2.05) is 32.0 Å². The van der Waals surface area contributed by atoms with Crippen LogP contribution in [0.15, 0.2) is 52.5 Å². The number of carbonyl (C=O) groups is 3. The molecule has 0 spiro atoms. The highest BCUT2D eigenvalue weighted by molar-refractivity contribution is 9.10. The minimum absolute atomic E-state index is 0.0920. The number of rotatable bonds is 2. The van der Waals surface area contributed by atoms with Gasteiger partial charge in [-0.25, -0.2) is 9.69 Å². The summed E-state index contributed by atoms with van der Waals surface area (Å²) in [6, 6.07) is 11.9. The van der Waals surface area contributed by atoms with Crippen molar-refractivity contribution in [2.45, 2.75) is 13.8 Å². The molecule has 1 saturated heterocycles. The first-order valence-electron chi connectivity index (χ1n) is 7.61. The number of carbonyl (C=O) groups excluding carboxylic acids is 3. The molecule has 0 aliphatic carbocycles. The number of aryl methyl sites for hydroxylation is 2. The fourth-order valence-corrected chi connectivity index (χ4v) is 3.12. The van der Waals surface area contributed by atoms with E-state index in [0.717, 1.165) is 20.5 Å². The molecule has 1 aliphatic rings. The van der Waals surface area contributed by atoms with Crippen LogP contribution in [0.4, 0.5) is 10.5 Å². The summed E-state index contributed by atoms with van der Waals surface area (Å²) in [5.74, 6) is -1.35. The average molecular weight is 399 g/mol. The standard InChI is InChI=1S/C19H15BrN2O3/c1-11-7-12(2)9-14(8-11)22-18(24)15(17(23)21-19(22)25)10-13-5-3-4-6-16(13)20/h3-10H,1-2H3,(H,21,23,25)/b15-10-. The molecule has 5 nitrogen and oxygen atoms in total. The fraction of sp³-hybridized carbons (Fsp3) is 0.105. The van der Waals surface area contributed by atoms with Gasteiger partial charge < -0.3 is 0 Å². The lowest BCUT2D eigenvalue weighted by atomic mass is 10.1. The summed E-state index contributed by atoms with van der Waals surface area (Å²) in [5.41, 5.74) is 2.86. The molecule has 1 heterocycles. The second-order valence-corrected chi connectivity index (χ2v) is 6.68. The van der Waals surface area contributed by atoms with Gasteiger partial charge in [-0.1, -0.05) is 40.2 Å². The van der Waals surface area contributed by atoms with Gasteiger partial charge in [-0.3, -0.25) is 14.9 Å². The lowest BCUT2D eigenvalue weighted by Gasteiger charge is -2.27. The van der Waals surface area contributed by atoms with E-state index >= 15 is 0 Å². The van der Waals surface area contributed by atoms with E-state index in [0.29, 0.717) is 11.3 Å². The fourth-order valence-electron chi connectivity index (χ4n) is 2.72. The number of hydrogen-bond donors (Lipinski definition) is 1. The molecule has 4 amide bonds. The SMILES string of the molecule is Cc1cc(C)cc(N2C(=O)NC(=O)/C(=C/c3ccccc3Br)C2=O)c1. The second-order valence-electron chi connectivity index (χ2n) is 5.83. The van der Waals surface area contributed by atoms with Gasteiger partial charge in [-0.05, 0) is 54.8 Å². The van der Waals surface area contributed by atoms with Crippen LogP contribution in [0, 0.1) is 13.8 Å². The van der Waals surface area contributed by atoms with E-state index in [4.69, 9.17) is 0 Å². The molecule has 0 saturated carbocycles. The van der Waals surface area contributed by atoms with Crippen molar-refractivity contribution < 1.29 is 14.4 Å². The Morgan fingerprint density at radius 3 is 2.28 bits per heavy atom. The summed E-state index contributed by atoms with van der Waals surface area (Å²) in [6.07, 6.45) is 1.48. The predicted octanol–water partition coefficient (Wildman–Crippen LogP) is 3.73. The van der Waals surface area contributed by atoms with Gasteiger partial charge in [-0.15, -0.1) is 0 Å². The number of imide groups is 2. The van der Waals surface area contributed by atoms with E-state index in [2.05, 4.69) is 21.2 Å². The first kappa shape index (κ1) is 17.1. The van der Waals surface area contributed by atoms with E-state index < -0.39 is 17.8 Å². The van der Waals surface area contributed by atoms with Crippen LogP contribution in [-0.4, -0.2) is 17.8 Å². The maximum Gasteiger partial charge on any atom is 0.335 e. The van der Waals surface area contributed by atoms with Crippen LogP contribution in [0.5, 0.6) is 0 Å². The zero-order valence-electron chi connectivity index (χ0n) is 13.7. The van der Waals surface area contributed by atoms with E-state index in [1.165, 1.54) is 6.08 Å². The van der Waals surface area contributed by atoms with Crippen molar-refractivity contribution >= 4 is 45.5 Å². The number of barbiturate groups is 1. The number of nitrogens with zero attached hydrogens (tertiary/aromatic N) is 1. The molecule has 2 aromatic carbocycles. The minimum Gasteiger partial charge on any atom is -0.273 e. The van der Waals surface area contributed by atoms with Crippen LogP contribution < -0.4 is 10.2 Å². The van der Waals surface area contributed by atoms with Crippen molar-refractivity contribution in [1.82, 2.24) is 5.32 Å². The van der Waals surface area contributed by atoms with Crippen molar-refractivity contribution in [2.75, 3.05) is 4.90 Å². The Morgan fingerprint density at radius 1 is 1.00 bits per heavy atom. The summed E-state index contributed by atoms with van der Waals surface area (Å²) in [5, 5.41) is 2.23. The summed E-state index contributed by atoms with van der Waals surface area (Å²) in [4.78, 5) is 38.3. The maximum atomic E-state index is 12.8. The molecule has 2 aromatic rings. The summed E-state index contributed by atoms with van der Waals surface area (Å²) in [7, 11) is 0. The Bertz CT molecular complexity index is 914. The Morgan fingerprint density at radius 2 is 1.64 bits per heavy atom. The van der Waals surface area contributed by atoms with Gasteiger partial charge in [0.2, 0.25) is 0 Å². The highest BCUT2D eigenvalue weighted by Crippen LogP contribution is 2.25. The van der Waals surface area contributed by atoms with Gasteiger partial charge in [0.05, 0.1) is 5.69 Å². The van der Waals surface area contributed by atoms with Crippen LogP contribution in [0.25, 0.3) is 6.08 Å².